The van der Waals surface area contributed by atoms with E-state index < -0.39 is 10.0 Å². The minimum atomic E-state index is -3.68. The van der Waals surface area contributed by atoms with Gasteiger partial charge in [0, 0.05) is 12.1 Å². The summed E-state index contributed by atoms with van der Waals surface area (Å²) in [5.74, 6) is 0.553. The molecule has 0 spiro atoms. The topological polar surface area (TPSA) is 97.4 Å². The summed E-state index contributed by atoms with van der Waals surface area (Å²) in [5.41, 5.74) is 0.503. The third kappa shape index (κ3) is 4.40. The lowest BCUT2D eigenvalue weighted by Gasteiger charge is -2.02. The molecule has 0 unspecified atom stereocenters. The first-order chi connectivity index (χ1) is 10.0. The van der Waals surface area contributed by atoms with Crippen LogP contribution in [0.25, 0.3) is 0 Å². The normalized spacial score (nSPS) is 11.9. The van der Waals surface area contributed by atoms with Gasteiger partial charge < -0.3 is 14.3 Å². The summed E-state index contributed by atoms with van der Waals surface area (Å²) in [6, 6.07) is 3.09. The second-order valence-electron chi connectivity index (χ2n) is 4.34. The van der Waals surface area contributed by atoms with E-state index in [9.17, 15) is 8.42 Å². The van der Waals surface area contributed by atoms with Crippen LogP contribution in [0.15, 0.2) is 36.9 Å². The van der Waals surface area contributed by atoms with Crippen LogP contribution in [0.4, 0.5) is 0 Å². The van der Waals surface area contributed by atoms with Gasteiger partial charge >= 0.3 is 0 Å². The Morgan fingerprint density at radius 3 is 2.86 bits per heavy atom. The average molecular weight is 378 g/mol. The second kappa shape index (κ2) is 7.21. The van der Waals surface area contributed by atoms with Crippen molar-refractivity contribution >= 4 is 26.0 Å². The molecule has 0 atom stereocenters. The summed E-state index contributed by atoms with van der Waals surface area (Å²) < 4.78 is 37.1. The van der Waals surface area contributed by atoms with Gasteiger partial charge in [-0.25, -0.2) is 13.1 Å². The molecule has 0 radical (unpaired) electrons. The molecule has 7 nitrogen and oxygen atoms in total. The molecule has 21 heavy (non-hydrogen) atoms. The van der Waals surface area contributed by atoms with Gasteiger partial charge in [0.05, 0.1) is 18.8 Å². The molecular weight excluding hydrogens is 362 g/mol. The quantitative estimate of drug-likeness (QED) is 0.682. The van der Waals surface area contributed by atoms with Crippen molar-refractivity contribution in [1.29, 1.82) is 0 Å². The Balaban J connectivity index is 2.05. The highest BCUT2D eigenvalue weighted by atomic mass is 79.9. The molecule has 0 aliphatic heterocycles. The highest BCUT2D eigenvalue weighted by Crippen LogP contribution is 2.26. The van der Waals surface area contributed by atoms with Crippen LogP contribution in [-0.2, 0) is 23.1 Å². The van der Waals surface area contributed by atoms with E-state index in [1.165, 1.54) is 12.3 Å². The summed E-state index contributed by atoms with van der Waals surface area (Å²) in [6.45, 7) is 3.42. The fourth-order valence-electron chi connectivity index (χ4n) is 1.63. The Morgan fingerprint density at radius 2 is 2.19 bits per heavy atom. The van der Waals surface area contributed by atoms with Crippen LogP contribution in [0, 0.1) is 0 Å². The highest BCUT2D eigenvalue weighted by molar-refractivity contribution is 9.10. The molecule has 0 aliphatic carbocycles. The predicted octanol–water partition coefficient (Wildman–Crippen LogP) is 2.01. The standard InChI is InChI=1S/C12H16BrN3O4S/c1-2-4-14-8-10-6-11(12(13)20-10)21(17,18)15-7-9-3-5-19-16-9/h3,5-6,14-15H,2,4,7-8H2,1H3. The zero-order valence-corrected chi connectivity index (χ0v) is 13.8. The molecule has 0 aliphatic rings. The molecule has 2 rings (SSSR count). The van der Waals surface area contributed by atoms with Crippen molar-refractivity contribution in [3.8, 4) is 0 Å². The van der Waals surface area contributed by atoms with Crippen molar-refractivity contribution in [2.45, 2.75) is 31.3 Å². The van der Waals surface area contributed by atoms with E-state index in [1.807, 2.05) is 0 Å². The largest absolute Gasteiger partial charge is 0.452 e. The van der Waals surface area contributed by atoms with Gasteiger partial charge in [-0.1, -0.05) is 12.1 Å². The summed E-state index contributed by atoms with van der Waals surface area (Å²) >= 11 is 3.13. The van der Waals surface area contributed by atoms with Gasteiger partial charge in [-0.3, -0.25) is 0 Å². The van der Waals surface area contributed by atoms with Gasteiger partial charge in [-0.05, 0) is 28.9 Å². The molecule has 9 heteroatoms. The maximum atomic E-state index is 12.2. The third-order valence-corrected chi connectivity index (χ3v) is 4.91. The molecule has 2 N–H and O–H groups in total. The highest BCUT2D eigenvalue weighted by Gasteiger charge is 2.22. The van der Waals surface area contributed by atoms with E-state index in [4.69, 9.17) is 4.42 Å². The zero-order chi connectivity index (χ0) is 15.3. The summed E-state index contributed by atoms with van der Waals surface area (Å²) in [7, 11) is -3.68. The minimum Gasteiger partial charge on any atom is -0.452 e. The SMILES string of the molecule is CCCNCc1cc(S(=O)(=O)NCc2ccon2)c(Br)o1. The lowest BCUT2D eigenvalue weighted by atomic mass is 10.4. The Labute approximate surface area is 131 Å². The number of halogens is 1. The fourth-order valence-corrected chi connectivity index (χ4v) is 3.63. The van der Waals surface area contributed by atoms with Crippen LogP contribution in [0.3, 0.4) is 0 Å². The van der Waals surface area contributed by atoms with Gasteiger partial charge in [0.1, 0.15) is 16.9 Å². The van der Waals surface area contributed by atoms with Gasteiger partial charge in [-0.15, -0.1) is 0 Å². The van der Waals surface area contributed by atoms with Crippen LogP contribution < -0.4 is 10.0 Å². The smallest absolute Gasteiger partial charge is 0.245 e. The second-order valence-corrected chi connectivity index (χ2v) is 6.80. The number of aromatic nitrogens is 1. The van der Waals surface area contributed by atoms with Gasteiger partial charge in [0.15, 0.2) is 4.67 Å². The predicted molar refractivity (Wildman–Crippen MR) is 78.9 cm³/mol. The van der Waals surface area contributed by atoms with Crippen molar-refractivity contribution in [3.63, 3.8) is 0 Å². The van der Waals surface area contributed by atoms with Crippen LogP contribution in [0.1, 0.15) is 24.8 Å². The Kier molecular flexibility index (Phi) is 5.57. The molecule has 0 amide bonds. The van der Waals surface area contributed by atoms with Crippen LogP contribution in [-0.4, -0.2) is 20.1 Å². The maximum absolute atomic E-state index is 12.2. The molecule has 2 aromatic heterocycles. The summed E-state index contributed by atoms with van der Waals surface area (Å²) in [6.07, 6.45) is 2.38. The van der Waals surface area contributed by atoms with Gasteiger partial charge in [-0.2, -0.15) is 0 Å². The van der Waals surface area contributed by atoms with E-state index in [-0.39, 0.29) is 16.1 Å². The van der Waals surface area contributed by atoms with Crippen molar-refractivity contribution in [2.75, 3.05) is 6.54 Å². The number of nitrogens with one attached hydrogen (secondary N) is 2. The molecule has 116 valence electrons. The van der Waals surface area contributed by atoms with Gasteiger partial charge in [0.2, 0.25) is 10.0 Å². The maximum Gasteiger partial charge on any atom is 0.245 e. The Bertz CT molecular complexity index is 667. The summed E-state index contributed by atoms with van der Waals surface area (Å²) in [4.78, 5) is 0.0688. The first-order valence-corrected chi connectivity index (χ1v) is 8.68. The number of sulfonamides is 1. The Morgan fingerprint density at radius 1 is 1.38 bits per heavy atom. The molecule has 0 aromatic carbocycles. The number of furan rings is 1. The minimum absolute atomic E-state index is 0.0554. The average Bonchev–Trinajstić information content (AvgIpc) is 3.07. The molecule has 2 heterocycles. The van der Waals surface area contributed by atoms with E-state index >= 15 is 0 Å². The van der Waals surface area contributed by atoms with E-state index in [2.05, 4.69) is 42.6 Å². The molecule has 0 saturated heterocycles. The third-order valence-electron chi connectivity index (χ3n) is 2.66. The van der Waals surface area contributed by atoms with E-state index in [0.29, 0.717) is 18.0 Å². The monoisotopic (exact) mass is 377 g/mol. The molecule has 0 bridgehead atoms. The lowest BCUT2D eigenvalue weighted by molar-refractivity contribution is 0.411. The van der Waals surface area contributed by atoms with Crippen molar-refractivity contribution in [1.82, 2.24) is 15.2 Å². The first-order valence-electron chi connectivity index (χ1n) is 6.40. The van der Waals surface area contributed by atoms with E-state index in [1.54, 1.807) is 6.07 Å². The van der Waals surface area contributed by atoms with Crippen molar-refractivity contribution in [2.24, 2.45) is 0 Å². The number of hydrogen-bond acceptors (Lipinski definition) is 6. The fraction of sp³-hybridized carbons (Fsp3) is 0.417. The number of rotatable bonds is 8. The lowest BCUT2D eigenvalue weighted by Crippen LogP contribution is -2.23. The molecule has 0 fully saturated rings. The zero-order valence-electron chi connectivity index (χ0n) is 11.4. The molecule has 2 aromatic rings. The molecule has 0 saturated carbocycles. The summed E-state index contributed by atoms with van der Waals surface area (Å²) in [5, 5.41) is 6.79. The van der Waals surface area contributed by atoms with Gasteiger partial charge in [0.25, 0.3) is 0 Å². The Hall–Kier alpha value is -1.16. The number of hydrogen-bond donors (Lipinski definition) is 2. The van der Waals surface area contributed by atoms with E-state index in [0.717, 1.165) is 13.0 Å². The van der Waals surface area contributed by atoms with Crippen molar-refractivity contribution in [3.05, 3.63) is 34.5 Å². The molecular formula is C12H16BrN3O4S. The van der Waals surface area contributed by atoms with Crippen LogP contribution in [0.5, 0.6) is 0 Å². The first kappa shape index (κ1) is 16.2. The number of nitrogens with zero attached hydrogens (tertiary/aromatic N) is 1. The van der Waals surface area contributed by atoms with Crippen LogP contribution in [0.2, 0.25) is 0 Å². The van der Waals surface area contributed by atoms with Crippen molar-refractivity contribution < 1.29 is 17.4 Å². The van der Waals surface area contributed by atoms with Crippen LogP contribution >= 0.6 is 15.9 Å².